The van der Waals surface area contributed by atoms with Crippen molar-refractivity contribution in [3.05, 3.63) is 40.0 Å². The Morgan fingerprint density at radius 3 is 2.75 bits per heavy atom. The third-order valence-corrected chi connectivity index (χ3v) is 3.11. The molecule has 2 aromatic rings. The third-order valence-electron chi connectivity index (χ3n) is 2.53. The Morgan fingerprint density at radius 2 is 2.19 bits per heavy atom. The predicted molar refractivity (Wildman–Crippen MR) is 65.8 cm³/mol. The number of halogens is 1. The monoisotopic (exact) mass is 275 g/mol. The lowest BCUT2D eigenvalue weighted by Crippen LogP contribution is -1.97. The van der Waals surface area contributed by atoms with Gasteiger partial charge in [0.2, 0.25) is 0 Å². The van der Waals surface area contributed by atoms with Crippen molar-refractivity contribution in [1.82, 2.24) is 9.78 Å². The van der Waals surface area contributed by atoms with Gasteiger partial charge >= 0.3 is 0 Å². The van der Waals surface area contributed by atoms with Crippen LogP contribution in [0, 0.1) is 18.3 Å². The molecule has 2 rings (SSSR count). The second-order valence-corrected chi connectivity index (χ2v) is 4.43. The summed E-state index contributed by atoms with van der Waals surface area (Å²) >= 11 is 3.45. The minimum Gasteiger partial charge on any atom is -0.267 e. The van der Waals surface area contributed by atoms with E-state index >= 15 is 0 Å². The molecule has 0 aliphatic carbocycles. The number of aromatic nitrogens is 2. The maximum atomic E-state index is 9.18. The molecule has 0 saturated carbocycles. The molecule has 0 amide bonds. The van der Waals surface area contributed by atoms with Crippen molar-refractivity contribution in [1.29, 1.82) is 5.26 Å². The van der Waals surface area contributed by atoms with Crippen LogP contribution in [0.15, 0.2) is 28.9 Å². The summed E-state index contributed by atoms with van der Waals surface area (Å²) in [6, 6.07) is 8.07. The summed E-state index contributed by atoms with van der Waals surface area (Å²) in [5.41, 5.74) is 3.52. The Hall–Kier alpha value is -1.60. The molecule has 1 aromatic heterocycles. The fourth-order valence-electron chi connectivity index (χ4n) is 1.73. The van der Waals surface area contributed by atoms with E-state index in [1.54, 1.807) is 10.9 Å². The molecule has 3 nitrogen and oxygen atoms in total. The van der Waals surface area contributed by atoms with Crippen LogP contribution in [0.2, 0.25) is 0 Å². The Bertz CT molecular complexity index is 559. The molecule has 0 unspecified atom stereocenters. The maximum absolute atomic E-state index is 9.18. The topological polar surface area (TPSA) is 41.6 Å². The van der Waals surface area contributed by atoms with Gasteiger partial charge in [-0.2, -0.15) is 10.4 Å². The van der Waals surface area contributed by atoms with Crippen molar-refractivity contribution in [2.75, 3.05) is 0 Å². The second-order valence-electron chi connectivity index (χ2n) is 3.57. The lowest BCUT2D eigenvalue weighted by Gasteiger charge is -2.07. The van der Waals surface area contributed by atoms with Crippen LogP contribution in [0.4, 0.5) is 0 Å². The molecule has 0 atom stereocenters. The summed E-state index contributed by atoms with van der Waals surface area (Å²) in [5.74, 6) is 0. The van der Waals surface area contributed by atoms with Crippen molar-refractivity contribution in [3.8, 4) is 17.3 Å². The molecule has 1 heterocycles. The first-order valence-electron chi connectivity index (χ1n) is 4.82. The highest BCUT2D eigenvalue weighted by atomic mass is 79.9. The van der Waals surface area contributed by atoms with E-state index in [1.807, 2.05) is 32.2 Å². The molecule has 0 N–H and O–H groups in total. The highest BCUT2D eigenvalue weighted by Gasteiger charge is 2.13. The third kappa shape index (κ3) is 1.63. The average molecular weight is 276 g/mol. The fourth-order valence-corrected chi connectivity index (χ4v) is 2.29. The lowest BCUT2D eigenvalue weighted by molar-refractivity contribution is 0.775. The first-order chi connectivity index (χ1) is 7.65. The fraction of sp³-hybridized carbons (Fsp3) is 0.167. The Labute approximate surface area is 102 Å². The molecular weight excluding hydrogens is 266 g/mol. The standard InChI is InChI=1S/C12H10BrN3/c1-8-4-3-5-9(10(8)6-14)12-11(13)7-15-16(12)2/h3-5,7H,1-2H3. The van der Waals surface area contributed by atoms with Crippen LogP contribution in [0.3, 0.4) is 0 Å². The Balaban J connectivity index is 2.75. The number of nitriles is 1. The van der Waals surface area contributed by atoms with Gasteiger partial charge in [-0.25, -0.2) is 0 Å². The van der Waals surface area contributed by atoms with Gasteiger partial charge in [0.15, 0.2) is 0 Å². The molecule has 16 heavy (non-hydrogen) atoms. The zero-order valence-corrected chi connectivity index (χ0v) is 10.6. The first kappa shape index (κ1) is 10.9. The van der Waals surface area contributed by atoms with Gasteiger partial charge in [0.25, 0.3) is 0 Å². The van der Waals surface area contributed by atoms with Gasteiger partial charge in [0.1, 0.15) is 6.07 Å². The van der Waals surface area contributed by atoms with Crippen LogP contribution in [0.5, 0.6) is 0 Å². The van der Waals surface area contributed by atoms with Gasteiger partial charge in [-0.05, 0) is 28.4 Å². The van der Waals surface area contributed by atoms with Crippen LogP contribution in [-0.4, -0.2) is 9.78 Å². The maximum Gasteiger partial charge on any atom is 0.100 e. The molecule has 1 aromatic carbocycles. The van der Waals surface area contributed by atoms with Gasteiger partial charge in [-0.1, -0.05) is 18.2 Å². The normalized spacial score (nSPS) is 10.1. The summed E-state index contributed by atoms with van der Waals surface area (Å²) < 4.78 is 2.66. The molecule has 80 valence electrons. The molecular formula is C12H10BrN3. The van der Waals surface area contributed by atoms with E-state index in [0.717, 1.165) is 21.3 Å². The zero-order chi connectivity index (χ0) is 11.7. The van der Waals surface area contributed by atoms with E-state index in [2.05, 4.69) is 27.1 Å². The smallest absolute Gasteiger partial charge is 0.100 e. The summed E-state index contributed by atoms with van der Waals surface area (Å²) in [6.07, 6.45) is 1.73. The van der Waals surface area contributed by atoms with Crippen molar-refractivity contribution in [3.63, 3.8) is 0 Å². The highest BCUT2D eigenvalue weighted by Crippen LogP contribution is 2.31. The summed E-state index contributed by atoms with van der Waals surface area (Å²) in [5, 5.41) is 13.3. The number of rotatable bonds is 1. The summed E-state index contributed by atoms with van der Waals surface area (Å²) in [6.45, 7) is 1.94. The number of hydrogen-bond acceptors (Lipinski definition) is 2. The second kappa shape index (κ2) is 4.11. The molecule has 0 radical (unpaired) electrons. The quantitative estimate of drug-likeness (QED) is 0.803. The van der Waals surface area contributed by atoms with Crippen molar-refractivity contribution >= 4 is 15.9 Å². The van der Waals surface area contributed by atoms with Gasteiger partial charge in [0, 0.05) is 12.6 Å². The number of nitrogens with zero attached hydrogens (tertiary/aromatic N) is 3. The number of hydrogen-bond donors (Lipinski definition) is 0. The molecule has 0 saturated heterocycles. The number of benzene rings is 1. The molecule has 0 fully saturated rings. The van der Waals surface area contributed by atoms with Gasteiger partial charge < -0.3 is 0 Å². The minimum atomic E-state index is 0.701. The van der Waals surface area contributed by atoms with Crippen LogP contribution in [0.1, 0.15) is 11.1 Å². The van der Waals surface area contributed by atoms with Gasteiger partial charge in [-0.15, -0.1) is 0 Å². The molecule has 4 heteroatoms. The van der Waals surface area contributed by atoms with Crippen molar-refractivity contribution in [2.45, 2.75) is 6.92 Å². The van der Waals surface area contributed by atoms with Crippen LogP contribution in [-0.2, 0) is 7.05 Å². The van der Waals surface area contributed by atoms with E-state index in [4.69, 9.17) is 0 Å². The summed E-state index contributed by atoms with van der Waals surface area (Å²) in [4.78, 5) is 0. The Kier molecular flexibility index (Phi) is 2.80. The SMILES string of the molecule is Cc1cccc(-c2c(Br)cnn2C)c1C#N. The minimum absolute atomic E-state index is 0.701. The Morgan fingerprint density at radius 1 is 1.44 bits per heavy atom. The van der Waals surface area contributed by atoms with E-state index in [1.165, 1.54) is 0 Å². The van der Waals surface area contributed by atoms with Gasteiger partial charge in [0.05, 0.1) is 21.9 Å². The van der Waals surface area contributed by atoms with E-state index < -0.39 is 0 Å². The number of aryl methyl sites for hydroxylation is 2. The molecule has 0 aliphatic heterocycles. The highest BCUT2D eigenvalue weighted by molar-refractivity contribution is 9.10. The summed E-state index contributed by atoms with van der Waals surface area (Å²) in [7, 11) is 1.86. The lowest BCUT2D eigenvalue weighted by atomic mass is 10.0. The van der Waals surface area contributed by atoms with E-state index in [-0.39, 0.29) is 0 Å². The largest absolute Gasteiger partial charge is 0.267 e. The van der Waals surface area contributed by atoms with E-state index in [9.17, 15) is 5.26 Å². The van der Waals surface area contributed by atoms with Crippen LogP contribution < -0.4 is 0 Å². The van der Waals surface area contributed by atoms with Crippen LogP contribution >= 0.6 is 15.9 Å². The van der Waals surface area contributed by atoms with E-state index in [0.29, 0.717) is 5.56 Å². The van der Waals surface area contributed by atoms with Crippen molar-refractivity contribution < 1.29 is 0 Å². The average Bonchev–Trinajstić information content (AvgIpc) is 2.58. The zero-order valence-electron chi connectivity index (χ0n) is 9.03. The predicted octanol–water partition coefficient (Wildman–Crippen LogP) is 3.03. The molecule has 0 spiro atoms. The van der Waals surface area contributed by atoms with Gasteiger partial charge in [-0.3, -0.25) is 4.68 Å². The van der Waals surface area contributed by atoms with Crippen molar-refractivity contribution in [2.24, 2.45) is 7.05 Å². The molecule has 0 bridgehead atoms. The molecule has 0 aliphatic rings. The van der Waals surface area contributed by atoms with Crippen LogP contribution in [0.25, 0.3) is 11.3 Å². The first-order valence-corrected chi connectivity index (χ1v) is 5.62.